The van der Waals surface area contributed by atoms with Gasteiger partial charge in [0.15, 0.2) is 5.78 Å². The van der Waals surface area contributed by atoms with Crippen molar-refractivity contribution < 1.29 is 9.90 Å². The monoisotopic (exact) mass is 387 g/mol. The second-order valence-electron chi connectivity index (χ2n) is 7.23. The van der Waals surface area contributed by atoms with Crippen molar-refractivity contribution >= 4 is 22.4 Å². The van der Waals surface area contributed by atoms with E-state index in [4.69, 9.17) is 6.42 Å². The zero-order valence-corrected chi connectivity index (χ0v) is 16.1. The first-order valence-corrected chi connectivity index (χ1v) is 9.49. The SMILES string of the molecule is C#CCN(c1ccc(C(C)=O)cc1)[C@H]1CCc2cc3nc(CO)[nH]c(=O)c3cc21. The third-order valence-corrected chi connectivity index (χ3v) is 5.45. The van der Waals surface area contributed by atoms with Gasteiger partial charge in [0.1, 0.15) is 12.4 Å². The van der Waals surface area contributed by atoms with Crippen molar-refractivity contribution in [1.82, 2.24) is 9.97 Å². The van der Waals surface area contributed by atoms with Gasteiger partial charge in [0.05, 0.1) is 23.5 Å². The number of fused-ring (bicyclic) bond motifs is 2. The molecular formula is C23H21N3O3. The Morgan fingerprint density at radius 2 is 2.10 bits per heavy atom. The number of hydrogen-bond donors (Lipinski definition) is 2. The number of H-pyrrole nitrogens is 1. The average Bonchev–Trinajstić information content (AvgIpc) is 3.13. The molecule has 2 N–H and O–H groups in total. The highest BCUT2D eigenvalue weighted by Crippen LogP contribution is 2.39. The largest absolute Gasteiger partial charge is 0.388 e. The predicted octanol–water partition coefficient (Wildman–Crippen LogP) is 2.75. The van der Waals surface area contributed by atoms with Gasteiger partial charge >= 0.3 is 0 Å². The van der Waals surface area contributed by atoms with Crippen LogP contribution in [0, 0.1) is 12.3 Å². The number of aromatic nitrogens is 2. The van der Waals surface area contributed by atoms with Crippen LogP contribution in [-0.2, 0) is 13.0 Å². The van der Waals surface area contributed by atoms with Gasteiger partial charge in [-0.25, -0.2) is 4.98 Å². The lowest BCUT2D eigenvalue weighted by Crippen LogP contribution is -2.28. The lowest BCUT2D eigenvalue weighted by Gasteiger charge is -2.30. The minimum Gasteiger partial charge on any atom is -0.388 e. The van der Waals surface area contributed by atoms with E-state index in [1.165, 1.54) is 0 Å². The van der Waals surface area contributed by atoms with Crippen LogP contribution in [-0.4, -0.2) is 27.4 Å². The van der Waals surface area contributed by atoms with E-state index in [-0.39, 0.29) is 29.8 Å². The molecule has 0 spiro atoms. The van der Waals surface area contributed by atoms with Crippen LogP contribution in [0.2, 0.25) is 0 Å². The second-order valence-corrected chi connectivity index (χ2v) is 7.23. The molecular weight excluding hydrogens is 366 g/mol. The third-order valence-electron chi connectivity index (χ3n) is 5.45. The van der Waals surface area contributed by atoms with Crippen molar-refractivity contribution in [3.8, 4) is 12.3 Å². The summed E-state index contributed by atoms with van der Waals surface area (Å²) in [4.78, 5) is 33.1. The first kappa shape index (κ1) is 18.9. The lowest BCUT2D eigenvalue weighted by molar-refractivity contribution is 0.101. The molecule has 0 bridgehead atoms. The standard InChI is InChI=1S/C23H21N3O3/c1-3-10-26(17-7-4-15(5-8-17)14(2)28)21-9-6-16-11-20-19(12-18(16)21)23(29)25-22(13-27)24-20/h1,4-5,7-8,11-12,21,27H,6,9-10,13H2,2H3,(H,24,25,29)/t21-/m0/s1. The maximum absolute atomic E-state index is 12.4. The van der Waals surface area contributed by atoms with E-state index in [9.17, 15) is 14.7 Å². The molecule has 1 aliphatic carbocycles. The number of nitrogens with one attached hydrogen (secondary N) is 1. The number of aliphatic hydroxyl groups excluding tert-OH is 1. The number of carbonyl (C=O) groups is 1. The molecule has 0 unspecified atom stereocenters. The first-order chi connectivity index (χ1) is 14.0. The zero-order chi connectivity index (χ0) is 20.5. The van der Waals surface area contributed by atoms with Gasteiger partial charge in [-0.05, 0) is 67.3 Å². The number of hydrogen-bond acceptors (Lipinski definition) is 5. The predicted molar refractivity (Wildman–Crippen MR) is 112 cm³/mol. The molecule has 1 atom stereocenters. The number of nitrogens with zero attached hydrogens (tertiary/aromatic N) is 2. The van der Waals surface area contributed by atoms with Crippen molar-refractivity contribution in [1.29, 1.82) is 0 Å². The van der Waals surface area contributed by atoms with Gasteiger partial charge in [-0.15, -0.1) is 6.42 Å². The highest BCUT2D eigenvalue weighted by molar-refractivity contribution is 5.94. The van der Waals surface area contributed by atoms with Crippen LogP contribution in [0.4, 0.5) is 5.69 Å². The maximum Gasteiger partial charge on any atom is 0.258 e. The molecule has 0 saturated heterocycles. The van der Waals surface area contributed by atoms with Crippen LogP contribution >= 0.6 is 0 Å². The van der Waals surface area contributed by atoms with Gasteiger partial charge in [-0.3, -0.25) is 9.59 Å². The summed E-state index contributed by atoms with van der Waals surface area (Å²) in [6.45, 7) is 1.65. The highest BCUT2D eigenvalue weighted by atomic mass is 16.3. The lowest BCUT2D eigenvalue weighted by atomic mass is 10.0. The van der Waals surface area contributed by atoms with Crippen molar-refractivity contribution in [2.45, 2.75) is 32.4 Å². The molecule has 1 aliphatic rings. The summed E-state index contributed by atoms with van der Waals surface area (Å²) in [6, 6.07) is 11.3. The van der Waals surface area contributed by atoms with Gasteiger partial charge < -0.3 is 15.0 Å². The fourth-order valence-corrected chi connectivity index (χ4v) is 4.03. The summed E-state index contributed by atoms with van der Waals surface area (Å²) in [7, 11) is 0. The Kier molecular flexibility index (Phi) is 4.91. The number of benzene rings is 2. The number of rotatable bonds is 5. The molecule has 29 heavy (non-hydrogen) atoms. The van der Waals surface area contributed by atoms with Crippen LogP contribution in [0.15, 0.2) is 41.2 Å². The average molecular weight is 387 g/mol. The summed E-state index contributed by atoms with van der Waals surface area (Å²) in [5.41, 5.74) is 4.12. The Balaban J connectivity index is 1.78. The molecule has 1 heterocycles. The van der Waals surface area contributed by atoms with E-state index in [0.29, 0.717) is 23.0 Å². The minimum atomic E-state index is -0.308. The fourth-order valence-electron chi connectivity index (χ4n) is 4.03. The first-order valence-electron chi connectivity index (χ1n) is 9.49. The van der Waals surface area contributed by atoms with Crippen molar-refractivity contribution in [2.24, 2.45) is 0 Å². The summed E-state index contributed by atoms with van der Waals surface area (Å²) < 4.78 is 0. The molecule has 6 heteroatoms. The summed E-state index contributed by atoms with van der Waals surface area (Å²) in [5, 5.41) is 9.79. The van der Waals surface area contributed by atoms with Crippen LogP contribution in [0.25, 0.3) is 10.9 Å². The number of aryl methyl sites for hydroxylation is 1. The summed E-state index contributed by atoms with van der Waals surface area (Å²) in [6.07, 6.45) is 7.36. The molecule has 0 fully saturated rings. The number of Topliss-reactive ketones (excluding diaryl/α,β-unsaturated/α-hetero) is 1. The van der Waals surface area contributed by atoms with Crippen LogP contribution < -0.4 is 10.5 Å². The number of carbonyl (C=O) groups excluding carboxylic acids is 1. The van der Waals surface area contributed by atoms with E-state index in [1.807, 2.05) is 36.4 Å². The number of anilines is 1. The molecule has 0 aliphatic heterocycles. The molecule has 1 aromatic heterocycles. The topological polar surface area (TPSA) is 86.3 Å². The zero-order valence-electron chi connectivity index (χ0n) is 16.1. The van der Waals surface area contributed by atoms with E-state index < -0.39 is 0 Å². The molecule has 146 valence electrons. The van der Waals surface area contributed by atoms with Gasteiger partial charge in [-0.1, -0.05) is 5.92 Å². The van der Waals surface area contributed by atoms with E-state index >= 15 is 0 Å². The molecule has 0 radical (unpaired) electrons. The highest BCUT2D eigenvalue weighted by Gasteiger charge is 2.29. The Labute approximate surface area is 168 Å². The smallest absolute Gasteiger partial charge is 0.258 e. The van der Waals surface area contributed by atoms with Gasteiger partial charge in [0.2, 0.25) is 0 Å². The third kappa shape index (κ3) is 3.41. The van der Waals surface area contributed by atoms with Crippen molar-refractivity contribution in [2.75, 3.05) is 11.4 Å². The van der Waals surface area contributed by atoms with Crippen molar-refractivity contribution in [3.05, 3.63) is 69.3 Å². The molecule has 0 saturated carbocycles. The normalized spacial score (nSPS) is 15.1. The quantitative estimate of drug-likeness (QED) is 0.519. The summed E-state index contributed by atoms with van der Waals surface area (Å²) >= 11 is 0. The van der Waals surface area contributed by atoms with E-state index in [2.05, 4.69) is 20.8 Å². The molecule has 4 rings (SSSR count). The van der Waals surface area contributed by atoms with E-state index in [0.717, 1.165) is 29.7 Å². The van der Waals surface area contributed by atoms with Crippen LogP contribution in [0.5, 0.6) is 0 Å². The van der Waals surface area contributed by atoms with Crippen molar-refractivity contribution in [3.63, 3.8) is 0 Å². The Hall–Kier alpha value is -3.43. The Morgan fingerprint density at radius 3 is 2.76 bits per heavy atom. The fraction of sp³-hybridized carbons (Fsp3) is 0.261. The number of ketones is 1. The number of aliphatic hydroxyl groups is 1. The van der Waals surface area contributed by atoms with Gasteiger partial charge in [0.25, 0.3) is 5.56 Å². The van der Waals surface area contributed by atoms with Gasteiger partial charge in [0, 0.05) is 11.3 Å². The van der Waals surface area contributed by atoms with Crippen LogP contribution in [0.3, 0.4) is 0 Å². The number of aromatic amines is 1. The van der Waals surface area contributed by atoms with Crippen LogP contribution in [0.1, 0.15) is 46.7 Å². The molecule has 6 nitrogen and oxygen atoms in total. The van der Waals surface area contributed by atoms with Gasteiger partial charge in [-0.2, -0.15) is 0 Å². The van der Waals surface area contributed by atoms with E-state index in [1.54, 1.807) is 6.92 Å². The molecule has 2 aromatic carbocycles. The maximum atomic E-state index is 12.4. The summed E-state index contributed by atoms with van der Waals surface area (Å²) in [5.74, 6) is 3.01. The Bertz CT molecular complexity index is 1190. The molecule has 0 amide bonds. The minimum absolute atomic E-state index is 0.0201. The second kappa shape index (κ2) is 7.53. The Morgan fingerprint density at radius 1 is 1.34 bits per heavy atom. The molecule has 3 aromatic rings. The number of terminal acetylenes is 1.